The van der Waals surface area contributed by atoms with E-state index < -0.39 is 0 Å². The van der Waals surface area contributed by atoms with E-state index in [9.17, 15) is 0 Å². The summed E-state index contributed by atoms with van der Waals surface area (Å²) in [5, 5.41) is 1.08. The third-order valence-electron chi connectivity index (χ3n) is 3.64. The Morgan fingerprint density at radius 2 is 1.90 bits per heavy atom. The molecule has 0 fully saturated rings. The first-order chi connectivity index (χ1) is 10.2. The van der Waals surface area contributed by atoms with Crippen LogP contribution in [0, 0.1) is 6.92 Å². The molecule has 0 aliphatic heterocycles. The molecule has 3 rings (SSSR count). The van der Waals surface area contributed by atoms with Gasteiger partial charge in [0.25, 0.3) is 0 Å². The summed E-state index contributed by atoms with van der Waals surface area (Å²) in [6.07, 6.45) is 3.58. The molecule has 1 aromatic heterocycles. The third kappa shape index (κ3) is 2.25. The highest BCUT2D eigenvalue weighted by Crippen LogP contribution is 2.36. The summed E-state index contributed by atoms with van der Waals surface area (Å²) >= 11 is 0. The van der Waals surface area contributed by atoms with E-state index in [2.05, 4.69) is 66.6 Å². The van der Waals surface area contributed by atoms with E-state index in [-0.39, 0.29) is 0 Å². The van der Waals surface area contributed by atoms with Crippen molar-refractivity contribution >= 4 is 29.4 Å². The van der Waals surface area contributed by atoms with Gasteiger partial charge in [-0.25, -0.2) is 0 Å². The zero-order chi connectivity index (χ0) is 14.8. The van der Waals surface area contributed by atoms with Gasteiger partial charge in [-0.2, -0.15) is 0 Å². The Bertz CT molecular complexity index is 830. The van der Waals surface area contributed by atoms with Crippen molar-refractivity contribution in [3.63, 3.8) is 0 Å². The standard InChI is InChI=1S/C19H16N2/c1-4-14-12-17(15-9-7-13(2)8-10-15)16-6-5-11-21-19(16)18(14)20-3/h4-12H,1,3H2,2H3. The van der Waals surface area contributed by atoms with E-state index in [0.717, 1.165) is 33.3 Å². The van der Waals surface area contributed by atoms with Gasteiger partial charge in [0.05, 0.1) is 11.2 Å². The molecular weight excluding hydrogens is 256 g/mol. The lowest BCUT2D eigenvalue weighted by atomic mass is 9.96. The maximum Gasteiger partial charge on any atom is 0.0970 e. The van der Waals surface area contributed by atoms with Gasteiger partial charge in [-0.15, -0.1) is 0 Å². The van der Waals surface area contributed by atoms with Crippen molar-refractivity contribution < 1.29 is 0 Å². The largest absolute Gasteiger partial charge is 0.262 e. The first-order valence-corrected chi connectivity index (χ1v) is 6.82. The first-order valence-electron chi connectivity index (χ1n) is 6.82. The minimum absolute atomic E-state index is 0.788. The molecule has 0 aliphatic rings. The quantitative estimate of drug-likeness (QED) is 0.603. The maximum atomic E-state index is 4.48. The molecule has 0 aliphatic carbocycles. The highest BCUT2D eigenvalue weighted by Gasteiger charge is 2.11. The van der Waals surface area contributed by atoms with Gasteiger partial charge in [0.15, 0.2) is 0 Å². The van der Waals surface area contributed by atoms with Gasteiger partial charge in [0.2, 0.25) is 0 Å². The van der Waals surface area contributed by atoms with Crippen molar-refractivity contribution in [3.05, 3.63) is 66.4 Å². The number of aryl methyl sites for hydroxylation is 1. The van der Waals surface area contributed by atoms with Crippen LogP contribution in [-0.2, 0) is 0 Å². The van der Waals surface area contributed by atoms with Crippen LogP contribution < -0.4 is 0 Å². The fraction of sp³-hybridized carbons (Fsp3) is 0.0526. The normalized spacial score (nSPS) is 10.5. The van der Waals surface area contributed by atoms with E-state index in [4.69, 9.17) is 0 Å². The molecule has 3 aromatic rings. The molecule has 2 nitrogen and oxygen atoms in total. The molecule has 0 radical (unpaired) electrons. The van der Waals surface area contributed by atoms with Crippen molar-refractivity contribution in [2.24, 2.45) is 4.99 Å². The average Bonchev–Trinajstić information content (AvgIpc) is 2.54. The number of aliphatic imine (C=N–C) groups is 1. The summed E-state index contributed by atoms with van der Waals surface area (Å²) in [5.74, 6) is 0. The van der Waals surface area contributed by atoms with Crippen molar-refractivity contribution in [1.82, 2.24) is 4.98 Å². The van der Waals surface area contributed by atoms with Crippen molar-refractivity contribution in [1.29, 1.82) is 0 Å². The van der Waals surface area contributed by atoms with Crippen molar-refractivity contribution in [3.8, 4) is 11.1 Å². The minimum atomic E-state index is 0.788. The number of aromatic nitrogens is 1. The number of pyridine rings is 1. The Labute approximate surface area is 124 Å². The number of rotatable bonds is 3. The Morgan fingerprint density at radius 1 is 1.14 bits per heavy atom. The summed E-state index contributed by atoms with van der Waals surface area (Å²) in [7, 11) is 0. The van der Waals surface area contributed by atoms with Crippen LogP contribution in [0.4, 0.5) is 5.69 Å². The number of nitrogens with zero attached hydrogens (tertiary/aromatic N) is 2. The average molecular weight is 272 g/mol. The molecule has 0 spiro atoms. The molecular formula is C19H16N2. The lowest BCUT2D eigenvalue weighted by Crippen LogP contribution is -1.88. The number of hydrogen-bond donors (Lipinski definition) is 0. The van der Waals surface area contributed by atoms with E-state index in [1.807, 2.05) is 6.07 Å². The molecule has 1 heterocycles. The van der Waals surface area contributed by atoms with E-state index >= 15 is 0 Å². The lowest BCUT2D eigenvalue weighted by molar-refractivity contribution is 1.39. The molecule has 0 bridgehead atoms. The smallest absolute Gasteiger partial charge is 0.0970 e. The Morgan fingerprint density at radius 3 is 2.57 bits per heavy atom. The van der Waals surface area contributed by atoms with Crippen LogP contribution >= 0.6 is 0 Å². The Balaban J connectivity index is 2.40. The summed E-state index contributed by atoms with van der Waals surface area (Å²) in [6.45, 7) is 9.63. The van der Waals surface area contributed by atoms with E-state index in [1.54, 1.807) is 12.3 Å². The fourth-order valence-electron chi connectivity index (χ4n) is 2.54. The fourth-order valence-corrected chi connectivity index (χ4v) is 2.54. The second-order valence-electron chi connectivity index (χ2n) is 4.99. The Kier molecular flexibility index (Phi) is 3.36. The van der Waals surface area contributed by atoms with Gasteiger partial charge < -0.3 is 0 Å². The van der Waals surface area contributed by atoms with E-state index in [1.165, 1.54) is 5.56 Å². The van der Waals surface area contributed by atoms with Crippen LogP contribution in [0.1, 0.15) is 11.1 Å². The molecule has 2 heteroatoms. The predicted octanol–water partition coefficient (Wildman–Crippen LogP) is 5.19. The summed E-state index contributed by atoms with van der Waals surface area (Å²) in [5.41, 5.74) is 6.15. The molecule has 21 heavy (non-hydrogen) atoms. The second-order valence-corrected chi connectivity index (χ2v) is 4.99. The van der Waals surface area contributed by atoms with E-state index in [0.29, 0.717) is 0 Å². The highest BCUT2D eigenvalue weighted by molar-refractivity contribution is 6.03. The van der Waals surface area contributed by atoms with Gasteiger partial charge in [-0.1, -0.05) is 48.6 Å². The minimum Gasteiger partial charge on any atom is -0.262 e. The molecule has 0 unspecified atom stereocenters. The zero-order valence-electron chi connectivity index (χ0n) is 12.0. The maximum absolute atomic E-state index is 4.48. The van der Waals surface area contributed by atoms with Crippen molar-refractivity contribution in [2.45, 2.75) is 6.92 Å². The monoisotopic (exact) mass is 272 g/mol. The number of fused-ring (bicyclic) bond motifs is 1. The van der Waals surface area contributed by atoms with Crippen LogP contribution in [0.15, 0.2) is 60.2 Å². The second kappa shape index (κ2) is 5.33. The molecule has 0 saturated carbocycles. The number of hydrogen-bond acceptors (Lipinski definition) is 2. The van der Waals surface area contributed by atoms with Gasteiger partial charge in [0, 0.05) is 17.1 Å². The molecule has 0 saturated heterocycles. The molecule has 0 N–H and O–H groups in total. The summed E-state index contributed by atoms with van der Waals surface area (Å²) < 4.78 is 0. The van der Waals surface area contributed by atoms with Crippen LogP contribution in [0.25, 0.3) is 28.1 Å². The SMILES string of the molecule is C=Cc1cc(-c2ccc(C)cc2)c2cccnc2c1N=C. The summed E-state index contributed by atoms with van der Waals surface area (Å²) in [6, 6.07) is 14.6. The van der Waals surface area contributed by atoms with Crippen LogP contribution in [-0.4, -0.2) is 11.7 Å². The Hall–Kier alpha value is -2.74. The molecule has 0 amide bonds. The molecule has 0 atom stereocenters. The lowest BCUT2D eigenvalue weighted by Gasteiger charge is -2.11. The molecule has 2 aromatic carbocycles. The van der Waals surface area contributed by atoms with Crippen LogP contribution in [0.5, 0.6) is 0 Å². The van der Waals surface area contributed by atoms with Gasteiger partial charge in [0.1, 0.15) is 0 Å². The first kappa shape index (κ1) is 13.3. The highest BCUT2D eigenvalue weighted by atomic mass is 14.8. The number of benzene rings is 2. The molecule has 102 valence electrons. The third-order valence-corrected chi connectivity index (χ3v) is 3.64. The topological polar surface area (TPSA) is 25.2 Å². The van der Waals surface area contributed by atoms with Gasteiger partial charge in [-0.05, 0) is 36.9 Å². The van der Waals surface area contributed by atoms with Crippen LogP contribution in [0.2, 0.25) is 0 Å². The van der Waals surface area contributed by atoms with Crippen molar-refractivity contribution in [2.75, 3.05) is 0 Å². The predicted molar refractivity (Wildman–Crippen MR) is 91.2 cm³/mol. The van der Waals surface area contributed by atoms with Gasteiger partial charge in [-0.3, -0.25) is 9.98 Å². The zero-order valence-corrected chi connectivity index (χ0v) is 12.0. The summed E-state index contributed by atoms with van der Waals surface area (Å²) in [4.78, 5) is 8.62. The van der Waals surface area contributed by atoms with Gasteiger partial charge >= 0.3 is 0 Å². The van der Waals surface area contributed by atoms with Crippen LogP contribution in [0.3, 0.4) is 0 Å².